The maximum Gasteiger partial charge on any atom is 0.407 e. The van der Waals surface area contributed by atoms with Crippen molar-refractivity contribution in [2.45, 2.75) is 51.4 Å². The summed E-state index contributed by atoms with van der Waals surface area (Å²) < 4.78 is 11.8. The molecule has 1 aliphatic carbocycles. The van der Waals surface area contributed by atoms with Gasteiger partial charge in [-0.25, -0.2) is 4.79 Å². The van der Waals surface area contributed by atoms with Gasteiger partial charge in [0.25, 0.3) is 0 Å². The topological polar surface area (TPSA) is 105 Å². The SMILES string of the molecule is C[C@H](OCc1ccccc1)[C@@H](NC(=O)OCC1c2ccccc2-c2ccccc21)C(=O)N1CCCC(C)(C(=O)O)C1. The number of carbonyl (C=O) groups excluding carboxylic acids is 2. The van der Waals surface area contributed by atoms with Gasteiger partial charge in [-0.15, -0.1) is 0 Å². The molecule has 3 aromatic carbocycles. The molecule has 1 fully saturated rings. The van der Waals surface area contributed by atoms with Gasteiger partial charge >= 0.3 is 12.1 Å². The summed E-state index contributed by atoms with van der Waals surface area (Å²) >= 11 is 0. The molecule has 2 aliphatic rings. The van der Waals surface area contributed by atoms with E-state index in [1.807, 2.05) is 66.7 Å². The summed E-state index contributed by atoms with van der Waals surface area (Å²) in [5.74, 6) is -1.44. The molecule has 1 heterocycles. The largest absolute Gasteiger partial charge is 0.481 e. The molecule has 0 aromatic heterocycles. The molecule has 1 saturated heterocycles. The standard InChI is InChI=1S/C33H36N2O6/c1-22(40-19-23-11-4-3-5-12-23)29(30(36)35-18-10-17-33(2,21-35)31(37)38)34-32(39)41-20-28-26-15-8-6-13-24(26)25-14-7-9-16-27(25)28/h3-9,11-16,22,28-29H,10,17-21H2,1-2H3,(H,34,39)(H,37,38)/t22-,29+,33?/m0/s1. The number of carbonyl (C=O) groups is 3. The van der Waals surface area contributed by atoms with Crippen LogP contribution in [0.5, 0.6) is 0 Å². The van der Waals surface area contributed by atoms with Gasteiger partial charge in [0, 0.05) is 19.0 Å². The van der Waals surface area contributed by atoms with Gasteiger partial charge in [0.15, 0.2) is 0 Å². The summed E-state index contributed by atoms with van der Waals surface area (Å²) in [4.78, 5) is 40.4. The lowest BCUT2D eigenvalue weighted by molar-refractivity contribution is -0.154. The third-order valence-electron chi connectivity index (χ3n) is 8.23. The second-order valence-corrected chi connectivity index (χ2v) is 11.2. The highest BCUT2D eigenvalue weighted by atomic mass is 16.5. The number of alkyl carbamates (subject to hydrolysis) is 1. The molecule has 8 heteroatoms. The molecule has 0 radical (unpaired) electrons. The molecule has 3 atom stereocenters. The second kappa shape index (κ2) is 12.1. The molecular formula is C33H36N2O6. The number of hydrogen-bond donors (Lipinski definition) is 2. The van der Waals surface area contributed by atoms with Crippen LogP contribution >= 0.6 is 0 Å². The van der Waals surface area contributed by atoms with Gasteiger partial charge in [0.2, 0.25) is 5.91 Å². The predicted octanol–water partition coefficient (Wildman–Crippen LogP) is 5.21. The van der Waals surface area contributed by atoms with E-state index in [2.05, 4.69) is 17.4 Å². The Kier molecular flexibility index (Phi) is 8.40. The Labute approximate surface area is 240 Å². The minimum absolute atomic E-state index is 0.0649. The molecule has 214 valence electrons. The maximum atomic E-state index is 13.8. The molecular weight excluding hydrogens is 520 g/mol. The van der Waals surface area contributed by atoms with Crippen LogP contribution in [-0.2, 0) is 25.7 Å². The molecule has 2 N–H and O–H groups in total. The summed E-state index contributed by atoms with van der Waals surface area (Å²) in [6.07, 6.45) is -0.373. The Morgan fingerprint density at radius 3 is 2.22 bits per heavy atom. The van der Waals surface area contributed by atoms with Crippen molar-refractivity contribution in [2.24, 2.45) is 5.41 Å². The first-order valence-electron chi connectivity index (χ1n) is 14.1. The number of aliphatic carboxylic acids is 1. The van der Waals surface area contributed by atoms with E-state index in [-0.39, 0.29) is 31.6 Å². The number of amides is 2. The van der Waals surface area contributed by atoms with Gasteiger partial charge in [-0.3, -0.25) is 9.59 Å². The number of carboxylic acids is 1. The number of piperidine rings is 1. The number of carboxylic acid groups (broad SMARTS) is 1. The summed E-state index contributed by atoms with van der Waals surface area (Å²) in [7, 11) is 0. The molecule has 41 heavy (non-hydrogen) atoms. The van der Waals surface area contributed by atoms with Crippen molar-refractivity contribution < 1.29 is 29.0 Å². The Bertz CT molecular complexity index is 1360. The van der Waals surface area contributed by atoms with E-state index in [0.29, 0.717) is 19.4 Å². The van der Waals surface area contributed by atoms with E-state index in [1.165, 1.54) is 4.90 Å². The zero-order chi connectivity index (χ0) is 29.0. The van der Waals surface area contributed by atoms with Crippen molar-refractivity contribution in [3.63, 3.8) is 0 Å². The fourth-order valence-electron chi connectivity index (χ4n) is 5.84. The summed E-state index contributed by atoms with van der Waals surface area (Å²) in [6.45, 7) is 4.23. The predicted molar refractivity (Wildman–Crippen MR) is 154 cm³/mol. The highest BCUT2D eigenvalue weighted by Gasteiger charge is 2.42. The number of fused-ring (bicyclic) bond motifs is 3. The van der Waals surface area contributed by atoms with Crippen LogP contribution in [0.15, 0.2) is 78.9 Å². The molecule has 0 bridgehead atoms. The van der Waals surface area contributed by atoms with Gasteiger partial charge in [0.1, 0.15) is 12.6 Å². The molecule has 0 saturated carbocycles. The van der Waals surface area contributed by atoms with Gasteiger partial charge in [-0.2, -0.15) is 0 Å². The first-order valence-corrected chi connectivity index (χ1v) is 14.1. The fraction of sp³-hybridized carbons (Fsp3) is 0.364. The van der Waals surface area contributed by atoms with Crippen molar-refractivity contribution in [1.82, 2.24) is 10.2 Å². The lowest BCUT2D eigenvalue weighted by atomic mass is 9.82. The smallest absolute Gasteiger partial charge is 0.407 e. The van der Waals surface area contributed by atoms with Crippen LogP contribution in [0.4, 0.5) is 4.79 Å². The average molecular weight is 557 g/mol. The van der Waals surface area contributed by atoms with Crippen LogP contribution in [0.2, 0.25) is 0 Å². The quantitative estimate of drug-likeness (QED) is 0.375. The Hall–Kier alpha value is -4.17. The lowest BCUT2D eigenvalue weighted by Crippen LogP contribution is -2.58. The second-order valence-electron chi connectivity index (χ2n) is 11.2. The molecule has 5 rings (SSSR count). The van der Waals surface area contributed by atoms with Crippen molar-refractivity contribution in [3.05, 3.63) is 95.6 Å². The number of rotatable bonds is 9. The number of likely N-dealkylation sites (tertiary alicyclic amines) is 1. The number of benzene rings is 3. The minimum Gasteiger partial charge on any atom is -0.481 e. The zero-order valence-electron chi connectivity index (χ0n) is 23.4. The average Bonchev–Trinajstić information content (AvgIpc) is 3.31. The van der Waals surface area contributed by atoms with Crippen molar-refractivity contribution in [3.8, 4) is 11.1 Å². The summed E-state index contributed by atoms with van der Waals surface area (Å²) in [5, 5.41) is 12.5. The number of nitrogens with zero attached hydrogens (tertiary/aromatic N) is 1. The van der Waals surface area contributed by atoms with Gasteiger partial charge < -0.3 is 24.8 Å². The van der Waals surface area contributed by atoms with Crippen LogP contribution in [0.1, 0.15) is 49.3 Å². The molecule has 0 spiro atoms. The van der Waals surface area contributed by atoms with E-state index in [1.54, 1.807) is 13.8 Å². The first kappa shape index (κ1) is 28.4. The summed E-state index contributed by atoms with van der Waals surface area (Å²) in [6, 6.07) is 24.7. The first-order chi connectivity index (χ1) is 19.8. The molecule has 3 aromatic rings. The zero-order valence-corrected chi connectivity index (χ0v) is 23.4. The normalized spacial score (nSPS) is 19.5. The molecule has 1 unspecified atom stereocenters. The number of hydrogen-bond acceptors (Lipinski definition) is 5. The van der Waals surface area contributed by atoms with Crippen LogP contribution in [0.3, 0.4) is 0 Å². The van der Waals surface area contributed by atoms with E-state index in [9.17, 15) is 19.5 Å². The third kappa shape index (κ3) is 6.12. The number of nitrogens with one attached hydrogen (secondary N) is 1. The minimum atomic E-state index is -1.05. The lowest BCUT2D eigenvalue weighted by Gasteiger charge is -2.39. The highest BCUT2D eigenvalue weighted by Crippen LogP contribution is 2.44. The van der Waals surface area contributed by atoms with Crippen LogP contribution in [0.25, 0.3) is 11.1 Å². The highest BCUT2D eigenvalue weighted by molar-refractivity contribution is 5.87. The van der Waals surface area contributed by atoms with Gasteiger partial charge in [-0.05, 0) is 54.5 Å². The Balaban J connectivity index is 1.30. The van der Waals surface area contributed by atoms with Crippen LogP contribution < -0.4 is 5.32 Å². The van der Waals surface area contributed by atoms with Gasteiger partial charge in [0.05, 0.1) is 18.1 Å². The van der Waals surface area contributed by atoms with Crippen molar-refractivity contribution >= 4 is 18.0 Å². The van der Waals surface area contributed by atoms with Crippen LogP contribution in [-0.4, -0.2) is 59.8 Å². The Morgan fingerprint density at radius 1 is 0.976 bits per heavy atom. The van der Waals surface area contributed by atoms with E-state index in [0.717, 1.165) is 27.8 Å². The van der Waals surface area contributed by atoms with Gasteiger partial charge in [-0.1, -0.05) is 78.9 Å². The third-order valence-corrected chi connectivity index (χ3v) is 8.23. The molecule has 8 nitrogen and oxygen atoms in total. The van der Waals surface area contributed by atoms with E-state index >= 15 is 0 Å². The van der Waals surface area contributed by atoms with E-state index < -0.39 is 29.6 Å². The van der Waals surface area contributed by atoms with E-state index in [4.69, 9.17) is 9.47 Å². The maximum absolute atomic E-state index is 13.8. The van der Waals surface area contributed by atoms with Crippen molar-refractivity contribution in [1.29, 1.82) is 0 Å². The molecule has 1 aliphatic heterocycles. The molecule has 2 amide bonds. The number of ether oxygens (including phenoxy) is 2. The van der Waals surface area contributed by atoms with Crippen LogP contribution in [0, 0.1) is 5.41 Å². The Morgan fingerprint density at radius 2 is 1.59 bits per heavy atom. The summed E-state index contributed by atoms with van der Waals surface area (Å²) in [5.41, 5.74) is 4.32. The van der Waals surface area contributed by atoms with Crippen molar-refractivity contribution in [2.75, 3.05) is 19.7 Å². The fourth-order valence-corrected chi connectivity index (χ4v) is 5.84. The monoisotopic (exact) mass is 556 g/mol.